The van der Waals surface area contributed by atoms with Crippen molar-refractivity contribution in [2.75, 3.05) is 19.8 Å². The molecule has 0 spiro atoms. The molecule has 0 saturated carbocycles. The molecule has 2 heterocycles. The van der Waals surface area contributed by atoms with E-state index in [4.69, 9.17) is 4.74 Å². The van der Waals surface area contributed by atoms with Crippen molar-refractivity contribution in [2.45, 2.75) is 26.3 Å². The van der Waals surface area contributed by atoms with Crippen molar-refractivity contribution < 1.29 is 4.74 Å². The molecule has 0 aromatic carbocycles. The number of aromatic nitrogens is 2. The monoisotopic (exact) mass is 223 g/mol. The van der Waals surface area contributed by atoms with Crippen LogP contribution in [0.3, 0.4) is 0 Å². The van der Waals surface area contributed by atoms with Crippen LogP contribution in [0.25, 0.3) is 0 Å². The summed E-state index contributed by atoms with van der Waals surface area (Å²) in [6.07, 6.45) is 4.34. The number of nitrogens with zero attached hydrogens (tertiary/aromatic N) is 2. The number of nitrogens with one attached hydrogen (secondary N) is 1. The SMILES string of the molecule is Cc1c(CNCC2CCOCC2)cnn1C. The minimum atomic E-state index is 0.783. The van der Waals surface area contributed by atoms with Gasteiger partial charge in [0.1, 0.15) is 0 Å². The van der Waals surface area contributed by atoms with Crippen molar-refractivity contribution in [3.05, 3.63) is 17.5 Å². The molecule has 0 bridgehead atoms. The normalized spacial score (nSPS) is 17.9. The molecule has 1 aromatic heterocycles. The van der Waals surface area contributed by atoms with Gasteiger partial charge in [0.25, 0.3) is 0 Å². The highest BCUT2D eigenvalue weighted by Gasteiger charge is 2.13. The Balaban J connectivity index is 1.73. The third-order valence-corrected chi connectivity index (χ3v) is 3.43. The van der Waals surface area contributed by atoms with E-state index in [1.165, 1.54) is 24.1 Å². The third-order valence-electron chi connectivity index (χ3n) is 3.43. The van der Waals surface area contributed by atoms with Crippen LogP contribution < -0.4 is 5.32 Å². The number of hydrogen-bond acceptors (Lipinski definition) is 3. The third kappa shape index (κ3) is 2.83. The van der Waals surface area contributed by atoms with Gasteiger partial charge in [0.15, 0.2) is 0 Å². The maximum atomic E-state index is 5.35. The van der Waals surface area contributed by atoms with E-state index in [0.29, 0.717) is 0 Å². The van der Waals surface area contributed by atoms with E-state index in [0.717, 1.165) is 32.2 Å². The molecule has 16 heavy (non-hydrogen) atoms. The Morgan fingerprint density at radius 2 is 2.25 bits per heavy atom. The minimum Gasteiger partial charge on any atom is -0.381 e. The Morgan fingerprint density at radius 1 is 1.50 bits per heavy atom. The Labute approximate surface area is 97.0 Å². The molecule has 2 rings (SSSR count). The second kappa shape index (κ2) is 5.46. The zero-order valence-electron chi connectivity index (χ0n) is 10.2. The van der Waals surface area contributed by atoms with Crippen LogP contribution in [0, 0.1) is 12.8 Å². The van der Waals surface area contributed by atoms with Crippen molar-refractivity contribution in [1.29, 1.82) is 0 Å². The molecule has 0 atom stereocenters. The quantitative estimate of drug-likeness (QED) is 0.835. The average Bonchev–Trinajstić information content (AvgIpc) is 2.62. The van der Waals surface area contributed by atoms with Gasteiger partial charge in [0.05, 0.1) is 6.20 Å². The Hall–Kier alpha value is -0.870. The molecule has 90 valence electrons. The zero-order chi connectivity index (χ0) is 11.4. The molecular weight excluding hydrogens is 202 g/mol. The Kier molecular flexibility index (Phi) is 3.96. The summed E-state index contributed by atoms with van der Waals surface area (Å²) >= 11 is 0. The molecular formula is C12H21N3O. The standard InChI is InChI=1S/C12H21N3O/c1-10-12(9-14-15(10)2)8-13-7-11-3-5-16-6-4-11/h9,11,13H,3-8H2,1-2H3. The smallest absolute Gasteiger partial charge is 0.0537 e. The molecule has 1 aromatic rings. The van der Waals surface area contributed by atoms with E-state index in [-0.39, 0.29) is 0 Å². The highest BCUT2D eigenvalue weighted by atomic mass is 16.5. The van der Waals surface area contributed by atoms with E-state index in [1.54, 1.807) is 0 Å². The van der Waals surface area contributed by atoms with Gasteiger partial charge in [-0.1, -0.05) is 0 Å². The number of ether oxygens (including phenoxy) is 1. The van der Waals surface area contributed by atoms with Crippen LogP contribution in [0.5, 0.6) is 0 Å². The van der Waals surface area contributed by atoms with Crippen molar-refractivity contribution >= 4 is 0 Å². The van der Waals surface area contributed by atoms with Gasteiger partial charge < -0.3 is 10.1 Å². The first-order chi connectivity index (χ1) is 7.77. The van der Waals surface area contributed by atoms with Gasteiger partial charge in [-0.05, 0) is 32.2 Å². The molecule has 1 fully saturated rings. The van der Waals surface area contributed by atoms with Crippen LogP contribution in [0.1, 0.15) is 24.1 Å². The highest BCUT2D eigenvalue weighted by Crippen LogP contribution is 2.13. The summed E-state index contributed by atoms with van der Waals surface area (Å²) in [6.45, 7) is 5.99. The van der Waals surface area contributed by atoms with E-state index in [2.05, 4.69) is 17.3 Å². The van der Waals surface area contributed by atoms with E-state index in [1.807, 2.05) is 17.9 Å². The van der Waals surface area contributed by atoms with Gasteiger partial charge in [-0.25, -0.2) is 0 Å². The lowest BCUT2D eigenvalue weighted by Gasteiger charge is -2.22. The lowest BCUT2D eigenvalue weighted by molar-refractivity contribution is 0.0662. The summed E-state index contributed by atoms with van der Waals surface area (Å²) < 4.78 is 7.27. The summed E-state index contributed by atoms with van der Waals surface area (Å²) in [5, 5.41) is 7.75. The van der Waals surface area contributed by atoms with Crippen LogP contribution in [0.15, 0.2) is 6.20 Å². The van der Waals surface area contributed by atoms with E-state index >= 15 is 0 Å². The molecule has 1 saturated heterocycles. The van der Waals surface area contributed by atoms with E-state index in [9.17, 15) is 0 Å². The van der Waals surface area contributed by atoms with E-state index < -0.39 is 0 Å². The van der Waals surface area contributed by atoms with Crippen LogP contribution in [-0.2, 0) is 18.3 Å². The van der Waals surface area contributed by atoms with Crippen molar-refractivity contribution in [1.82, 2.24) is 15.1 Å². The van der Waals surface area contributed by atoms with Gasteiger partial charge in [-0.2, -0.15) is 5.10 Å². The lowest BCUT2D eigenvalue weighted by Crippen LogP contribution is -2.27. The predicted molar refractivity (Wildman–Crippen MR) is 63.2 cm³/mol. The molecule has 1 N–H and O–H groups in total. The predicted octanol–water partition coefficient (Wildman–Crippen LogP) is 1.24. The second-order valence-electron chi connectivity index (χ2n) is 4.57. The maximum absolute atomic E-state index is 5.35. The van der Waals surface area contributed by atoms with Crippen LogP contribution >= 0.6 is 0 Å². The summed E-state index contributed by atoms with van der Waals surface area (Å²) in [6, 6.07) is 0. The summed E-state index contributed by atoms with van der Waals surface area (Å²) in [5.74, 6) is 0.783. The van der Waals surface area contributed by atoms with Crippen molar-refractivity contribution in [2.24, 2.45) is 13.0 Å². The molecule has 0 unspecified atom stereocenters. The zero-order valence-corrected chi connectivity index (χ0v) is 10.2. The number of rotatable bonds is 4. The fourth-order valence-corrected chi connectivity index (χ4v) is 2.08. The van der Waals surface area contributed by atoms with Gasteiger partial charge in [-0.3, -0.25) is 4.68 Å². The molecule has 1 aliphatic heterocycles. The number of hydrogen-bond donors (Lipinski definition) is 1. The first-order valence-electron chi connectivity index (χ1n) is 6.03. The van der Waals surface area contributed by atoms with Crippen LogP contribution in [-0.4, -0.2) is 29.5 Å². The second-order valence-corrected chi connectivity index (χ2v) is 4.57. The molecule has 0 radical (unpaired) electrons. The molecule has 4 heteroatoms. The maximum Gasteiger partial charge on any atom is 0.0537 e. The van der Waals surface area contributed by atoms with Gasteiger partial charge in [0, 0.05) is 38.1 Å². The largest absolute Gasteiger partial charge is 0.381 e. The Morgan fingerprint density at radius 3 is 2.88 bits per heavy atom. The molecule has 0 amide bonds. The molecule has 1 aliphatic rings. The highest BCUT2D eigenvalue weighted by molar-refractivity contribution is 5.15. The molecule has 4 nitrogen and oxygen atoms in total. The minimum absolute atomic E-state index is 0.783. The fraction of sp³-hybridized carbons (Fsp3) is 0.750. The lowest BCUT2D eigenvalue weighted by atomic mass is 10.0. The van der Waals surface area contributed by atoms with Crippen LogP contribution in [0.4, 0.5) is 0 Å². The topological polar surface area (TPSA) is 39.1 Å². The Bertz CT molecular complexity index is 329. The van der Waals surface area contributed by atoms with Gasteiger partial charge >= 0.3 is 0 Å². The summed E-state index contributed by atoms with van der Waals surface area (Å²) in [5.41, 5.74) is 2.55. The fourth-order valence-electron chi connectivity index (χ4n) is 2.08. The van der Waals surface area contributed by atoms with Crippen molar-refractivity contribution in [3.8, 4) is 0 Å². The number of aryl methyl sites for hydroxylation is 1. The van der Waals surface area contributed by atoms with Crippen molar-refractivity contribution in [3.63, 3.8) is 0 Å². The van der Waals surface area contributed by atoms with Crippen LogP contribution in [0.2, 0.25) is 0 Å². The van der Waals surface area contributed by atoms with Gasteiger partial charge in [0.2, 0.25) is 0 Å². The first-order valence-corrected chi connectivity index (χ1v) is 6.03. The van der Waals surface area contributed by atoms with Gasteiger partial charge in [-0.15, -0.1) is 0 Å². The first kappa shape index (κ1) is 11.6. The average molecular weight is 223 g/mol. The summed E-state index contributed by atoms with van der Waals surface area (Å²) in [4.78, 5) is 0. The summed E-state index contributed by atoms with van der Waals surface area (Å²) in [7, 11) is 1.98. The molecule has 0 aliphatic carbocycles.